The van der Waals surface area contributed by atoms with Gasteiger partial charge < -0.3 is 21.9 Å². The van der Waals surface area contributed by atoms with Crippen molar-refractivity contribution in [3.8, 4) is 0 Å². The molecule has 1 rings (SSSR count). The first-order chi connectivity index (χ1) is 11.1. The van der Waals surface area contributed by atoms with Crippen molar-refractivity contribution in [2.24, 2.45) is 23.3 Å². The van der Waals surface area contributed by atoms with Gasteiger partial charge in [-0.1, -0.05) is 44.2 Å². The Morgan fingerprint density at radius 2 is 1.83 bits per heavy atom. The highest BCUT2D eigenvalue weighted by molar-refractivity contribution is 5.79. The topological polar surface area (TPSA) is 101 Å². The molecule has 0 radical (unpaired) electrons. The Hall–Kier alpha value is -1.43. The van der Waals surface area contributed by atoms with Crippen molar-refractivity contribution in [1.82, 2.24) is 5.32 Å². The van der Waals surface area contributed by atoms with E-state index < -0.39 is 17.7 Å². The molecule has 0 saturated carbocycles. The fourth-order valence-electron chi connectivity index (χ4n) is 2.59. The molecule has 6 N–H and O–H groups in total. The van der Waals surface area contributed by atoms with Gasteiger partial charge in [-0.2, -0.15) is 0 Å². The van der Waals surface area contributed by atoms with Gasteiger partial charge >= 0.3 is 0 Å². The first kappa shape index (κ1) is 20.6. The number of benzene rings is 1. The highest BCUT2D eigenvalue weighted by atomic mass is 16.3. The summed E-state index contributed by atoms with van der Waals surface area (Å²) in [6.45, 7) is 8.09. The lowest BCUT2D eigenvalue weighted by molar-refractivity contribution is -0.127. The lowest BCUT2D eigenvalue weighted by Crippen LogP contribution is -2.48. The van der Waals surface area contributed by atoms with Crippen LogP contribution in [0.25, 0.3) is 0 Å². The number of hydrogen-bond donors (Lipinski definition) is 4. The molecule has 0 aliphatic carbocycles. The second-order valence-electron chi connectivity index (χ2n) is 7.71. The maximum Gasteiger partial charge on any atom is 0.223 e. The van der Waals surface area contributed by atoms with E-state index in [-0.39, 0.29) is 17.7 Å². The number of carbonyl (C=O) groups excluding carboxylic acids is 1. The highest BCUT2D eigenvalue weighted by Gasteiger charge is 2.28. The summed E-state index contributed by atoms with van der Waals surface area (Å²) in [7, 11) is 0. The van der Waals surface area contributed by atoms with Crippen molar-refractivity contribution in [1.29, 1.82) is 0 Å². The first-order valence-electron chi connectivity index (χ1n) is 8.64. The van der Waals surface area contributed by atoms with Crippen LogP contribution in [0, 0.1) is 11.8 Å². The van der Waals surface area contributed by atoms with Gasteiger partial charge in [0, 0.05) is 24.0 Å². The van der Waals surface area contributed by atoms with Crippen molar-refractivity contribution >= 4 is 5.91 Å². The third-order valence-corrected chi connectivity index (χ3v) is 4.16. The number of hydrogen-bond acceptors (Lipinski definition) is 4. The molecule has 0 heterocycles. The molecule has 0 saturated heterocycles. The first-order valence-corrected chi connectivity index (χ1v) is 8.64. The number of nitrogens with two attached hydrogens (primary N) is 2. The molecule has 0 fully saturated rings. The predicted molar refractivity (Wildman–Crippen MR) is 98.3 cm³/mol. The molecule has 1 aromatic carbocycles. The molecular weight excluding hydrogens is 302 g/mol. The lowest BCUT2D eigenvalue weighted by Gasteiger charge is -2.27. The summed E-state index contributed by atoms with van der Waals surface area (Å²) >= 11 is 0. The van der Waals surface area contributed by atoms with Crippen LogP contribution >= 0.6 is 0 Å². The monoisotopic (exact) mass is 335 g/mol. The van der Waals surface area contributed by atoms with Crippen molar-refractivity contribution < 1.29 is 9.90 Å². The fourth-order valence-corrected chi connectivity index (χ4v) is 2.59. The molecule has 1 aromatic rings. The van der Waals surface area contributed by atoms with Crippen LogP contribution in [0.5, 0.6) is 0 Å². The summed E-state index contributed by atoms with van der Waals surface area (Å²) in [4.78, 5) is 12.4. The van der Waals surface area contributed by atoms with Crippen molar-refractivity contribution in [2.75, 3.05) is 6.54 Å². The Bertz CT molecular complexity index is 497. The molecule has 24 heavy (non-hydrogen) atoms. The molecule has 0 unspecified atom stereocenters. The molecule has 3 atom stereocenters. The Labute approximate surface area is 145 Å². The van der Waals surface area contributed by atoms with Gasteiger partial charge in [-0.15, -0.1) is 0 Å². The standard InChI is InChI=1S/C19H33N3O2/c1-13(2)15(18(24)22-12-19(3,4)21)11-17(23)16(20)10-14-8-6-5-7-9-14/h5-9,13,15-17,23H,10-12,20-21H2,1-4H3,(H,22,24)/t15-,16-,17-/m0/s1. The largest absolute Gasteiger partial charge is 0.391 e. The number of aliphatic hydroxyl groups is 1. The lowest BCUT2D eigenvalue weighted by atomic mass is 9.86. The van der Waals surface area contributed by atoms with Gasteiger partial charge in [0.2, 0.25) is 5.91 Å². The zero-order valence-electron chi connectivity index (χ0n) is 15.3. The zero-order chi connectivity index (χ0) is 18.3. The summed E-state index contributed by atoms with van der Waals surface area (Å²) in [5.41, 5.74) is 12.7. The highest BCUT2D eigenvalue weighted by Crippen LogP contribution is 2.20. The van der Waals surface area contributed by atoms with E-state index in [1.54, 1.807) is 0 Å². The average molecular weight is 335 g/mol. The van der Waals surface area contributed by atoms with E-state index in [4.69, 9.17) is 11.5 Å². The van der Waals surface area contributed by atoms with E-state index in [1.165, 1.54) is 0 Å². The second kappa shape index (κ2) is 9.16. The van der Waals surface area contributed by atoms with Gasteiger partial charge in [0.05, 0.1) is 6.10 Å². The van der Waals surface area contributed by atoms with Crippen LogP contribution in [0.4, 0.5) is 0 Å². The Morgan fingerprint density at radius 1 is 1.25 bits per heavy atom. The summed E-state index contributed by atoms with van der Waals surface area (Å²) in [6.07, 6.45) is 0.210. The minimum absolute atomic E-state index is 0.0745. The SMILES string of the molecule is CC(C)[C@H](C[C@H](O)[C@@H](N)Cc1ccccc1)C(=O)NCC(C)(C)N. The molecule has 0 aromatic heterocycles. The minimum Gasteiger partial charge on any atom is -0.391 e. The average Bonchev–Trinajstić information content (AvgIpc) is 2.50. The summed E-state index contributed by atoms with van der Waals surface area (Å²) < 4.78 is 0. The van der Waals surface area contributed by atoms with Gasteiger partial charge in [0.25, 0.3) is 0 Å². The van der Waals surface area contributed by atoms with Gasteiger partial charge in [0.1, 0.15) is 0 Å². The van der Waals surface area contributed by atoms with Crippen LogP contribution < -0.4 is 16.8 Å². The van der Waals surface area contributed by atoms with Gasteiger partial charge in [-0.3, -0.25) is 4.79 Å². The number of rotatable bonds is 9. The van der Waals surface area contributed by atoms with E-state index in [9.17, 15) is 9.90 Å². The molecule has 0 bridgehead atoms. The molecule has 5 heteroatoms. The molecule has 136 valence electrons. The smallest absolute Gasteiger partial charge is 0.223 e. The number of nitrogens with one attached hydrogen (secondary N) is 1. The molecular formula is C19H33N3O2. The summed E-state index contributed by atoms with van der Waals surface area (Å²) in [5, 5.41) is 13.3. The van der Waals surface area contributed by atoms with Crippen LogP contribution in [0.2, 0.25) is 0 Å². The van der Waals surface area contributed by atoms with E-state index in [1.807, 2.05) is 58.0 Å². The van der Waals surface area contributed by atoms with Crippen LogP contribution in [0.15, 0.2) is 30.3 Å². The van der Waals surface area contributed by atoms with Crippen molar-refractivity contribution in [2.45, 2.75) is 58.2 Å². The van der Waals surface area contributed by atoms with E-state index in [0.717, 1.165) is 5.56 Å². The molecule has 0 spiro atoms. The number of amides is 1. The third-order valence-electron chi connectivity index (χ3n) is 4.16. The molecule has 1 amide bonds. The normalized spacial score (nSPS) is 15.8. The summed E-state index contributed by atoms with van der Waals surface area (Å²) in [5.74, 6) is -0.247. The minimum atomic E-state index is -0.728. The maximum absolute atomic E-state index is 12.4. The van der Waals surface area contributed by atoms with E-state index in [0.29, 0.717) is 19.4 Å². The Kier molecular flexibility index (Phi) is 7.87. The molecule has 5 nitrogen and oxygen atoms in total. The summed E-state index contributed by atoms with van der Waals surface area (Å²) in [6, 6.07) is 9.43. The van der Waals surface area contributed by atoms with Gasteiger partial charge in [-0.25, -0.2) is 0 Å². The maximum atomic E-state index is 12.4. The molecule has 0 aliphatic heterocycles. The van der Waals surface area contributed by atoms with E-state index in [2.05, 4.69) is 5.32 Å². The predicted octanol–water partition coefficient (Wildman–Crippen LogP) is 1.43. The third kappa shape index (κ3) is 7.43. The molecule has 0 aliphatic rings. The Morgan fingerprint density at radius 3 is 2.33 bits per heavy atom. The van der Waals surface area contributed by atoms with Crippen LogP contribution in [0.1, 0.15) is 39.7 Å². The zero-order valence-corrected chi connectivity index (χ0v) is 15.3. The van der Waals surface area contributed by atoms with Gasteiger partial charge in [0.15, 0.2) is 0 Å². The van der Waals surface area contributed by atoms with Crippen molar-refractivity contribution in [3.63, 3.8) is 0 Å². The fraction of sp³-hybridized carbons (Fsp3) is 0.632. The van der Waals surface area contributed by atoms with Crippen molar-refractivity contribution in [3.05, 3.63) is 35.9 Å². The van der Waals surface area contributed by atoms with Crippen LogP contribution in [0.3, 0.4) is 0 Å². The number of carbonyl (C=O) groups is 1. The quantitative estimate of drug-likeness (QED) is 0.548. The second-order valence-corrected chi connectivity index (χ2v) is 7.71. The van der Waals surface area contributed by atoms with Gasteiger partial charge in [-0.05, 0) is 38.2 Å². The van der Waals surface area contributed by atoms with E-state index >= 15 is 0 Å². The number of aliphatic hydroxyl groups excluding tert-OH is 1. The van der Waals surface area contributed by atoms with Crippen LogP contribution in [-0.2, 0) is 11.2 Å². The Balaban J connectivity index is 2.61. The van der Waals surface area contributed by atoms with Crippen LogP contribution in [-0.4, -0.2) is 35.2 Å².